The molecule has 0 aliphatic carbocycles. The summed E-state index contributed by atoms with van der Waals surface area (Å²) in [4.78, 5) is 0. The minimum absolute atomic E-state index is 0.224. The molecule has 0 aliphatic heterocycles. The van der Waals surface area contributed by atoms with Gasteiger partial charge in [0.2, 0.25) is 0 Å². The molecule has 0 saturated heterocycles. The first-order valence-corrected chi connectivity index (χ1v) is 6.91. The van der Waals surface area contributed by atoms with Gasteiger partial charge in [0.05, 0.1) is 6.54 Å². The van der Waals surface area contributed by atoms with Crippen molar-refractivity contribution in [3.63, 3.8) is 0 Å². The highest BCUT2D eigenvalue weighted by Crippen LogP contribution is 2.18. The van der Waals surface area contributed by atoms with Gasteiger partial charge in [0.15, 0.2) is 3.77 Å². The topological polar surface area (TPSA) is 25.2 Å². The number of benzene rings is 1. The molecule has 2 rings (SSSR count). The Hall–Kier alpha value is -0.400. The standard InChI is InChI=1S/C12H10BrFINO/c13-11-3-1-9(14)5-8(11)6-16-7-10-2-4-12(15)17-10/h1-5,16H,6-7H2. The summed E-state index contributed by atoms with van der Waals surface area (Å²) in [5.74, 6) is 0.652. The third-order valence-corrected chi connectivity index (χ3v) is 3.60. The van der Waals surface area contributed by atoms with Crippen LogP contribution in [0.5, 0.6) is 0 Å². The van der Waals surface area contributed by atoms with E-state index in [1.807, 2.05) is 12.1 Å². The normalized spacial score (nSPS) is 10.8. The molecule has 1 N–H and O–H groups in total. The first-order chi connectivity index (χ1) is 8.15. The molecule has 2 nitrogen and oxygen atoms in total. The number of hydrogen-bond donors (Lipinski definition) is 1. The fourth-order valence-corrected chi connectivity index (χ4v) is 2.30. The SMILES string of the molecule is Fc1ccc(Br)c(CNCc2ccc(I)o2)c1. The zero-order valence-electron chi connectivity index (χ0n) is 8.84. The molecule has 0 radical (unpaired) electrons. The number of halogens is 3. The maximum Gasteiger partial charge on any atom is 0.164 e. The van der Waals surface area contributed by atoms with Crippen molar-refractivity contribution in [3.05, 3.63) is 55.7 Å². The van der Waals surface area contributed by atoms with Crippen LogP contribution >= 0.6 is 38.5 Å². The van der Waals surface area contributed by atoms with Crippen LogP contribution in [0.25, 0.3) is 0 Å². The van der Waals surface area contributed by atoms with Crippen LogP contribution in [-0.4, -0.2) is 0 Å². The molecule has 0 unspecified atom stereocenters. The Morgan fingerprint density at radius 2 is 2.06 bits per heavy atom. The van der Waals surface area contributed by atoms with Crippen LogP contribution in [0, 0.1) is 9.58 Å². The van der Waals surface area contributed by atoms with Gasteiger partial charge in [-0.2, -0.15) is 0 Å². The fourth-order valence-electron chi connectivity index (χ4n) is 1.45. The van der Waals surface area contributed by atoms with Gasteiger partial charge in [-0.15, -0.1) is 0 Å². The zero-order chi connectivity index (χ0) is 12.3. The van der Waals surface area contributed by atoms with Gasteiger partial charge < -0.3 is 9.73 Å². The Bertz CT molecular complexity index is 515. The highest BCUT2D eigenvalue weighted by atomic mass is 127. The minimum Gasteiger partial charge on any atom is -0.454 e. The molecule has 0 fully saturated rings. The third kappa shape index (κ3) is 3.79. The summed E-state index contributed by atoms with van der Waals surface area (Å²) in [6.07, 6.45) is 0. The Morgan fingerprint density at radius 3 is 2.76 bits per heavy atom. The molecule has 2 aromatic rings. The smallest absolute Gasteiger partial charge is 0.164 e. The van der Waals surface area contributed by atoms with Gasteiger partial charge in [0, 0.05) is 11.0 Å². The van der Waals surface area contributed by atoms with Crippen LogP contribution in [0.1, 0.15) is 11.3 Å². The zero-order valence-corrected chi connectivity index (χ0v) is 12.6. The molecular weight excluding hydrogens is 400 g/mol. The average molecular weight is 410 g/mol. The maximum absolute atomic E-state index is 13.0. The first-order valence-electron chi connectivity index (χ1n) is 5.04. The van der Waals surface area contributed by atoms with Crippen molar-refractivity contribution >= 4 is 38.5 Å². The number of rotatable bonds is 4. The minimum atomic E-state index is -0.224. The summed E-state index contributed by atoms with van der Waals surface area (Å²) in [7, 11) is 0. The largest absolute Gasteiger partial charge is 0.454 e. The van der Waals surface area contributed by atoms with E-state index in [1.165, 1.54) is 12.1 Å². The second-order valence-corrected chi connectivity index (χ2v) is 5.46. The van der Waals surface area contributed by atoms with Crippen LogP contribution in [0.4, 0.5) is 4.39 Å². The van der Waals surface area contributed by atoms with Gasteiger partial charge in [-0.25, -0.2) is 4.39 Å². The molecule has 1 aromatic carbocycles. The lowest BCUT2D eigenvalue weighted by Gasteiger charge is -2.05. The lowest BCUT2D eigenvalue weighted by Crippen LogP contribution is -2.12. The number of hydrogen-bond acceptors (Lipinski definition) is 2. The van der Waals surface area contributed by atoms with E-state index in [1.54, 1.807) is 6.07 Å². The summed E-state index contributed by atoms with van der Waals surface area (Å²) < 4.78 is 20.2. The average Bonchev–Trinajstić information content (AvgIpc) is 2.69. The molecule has 0 atom stereocenters. The Kier molecular flexibility index (Phi) is 4.58. The number of furan rings is 1. The molecule has 1 heterocycles. The molecule has 90 valence electrons. The molecule has 0 aliphatic rings. The van der Waals surface area contributed by atoms with E-state index in [2.05, 4.69) is 43.8 Å². The van der Waals surface area contributed by atoms with Crippen molar-refractivity contribution in [1.29, 1.82) is 0 Å². The van der Waals surface area contributed by atoms with E-state index in [0.29, 0.717) is 13.1 Å². The molecule has 0 spiro atoms. The summed E-state index contributed by atoms with van der Waals surface area (Å²) in [6, 6.07) is 8.50. The van der Waals surface area contributed by atoms with E-state index < -0.39 is 0 Å². The Morgan fingerprint density at radius 1 is 1.24 bits per heavy atom. The predicted molar refractivity (Wildman–Crippen MR) is 76.1 cm³/mol. The quantitative estimate of drug-likeness (QED) is 0.770. The fraction of sp³-hybridized carbons (Fsp3) is 0.167. The highest BCUT2D eigenvalue weighted by molar-refractivity contribution is 14.1. The van der Waals surface area contributed by atoms with Crippen molar-refractivity contribution < 1.29 is 8.81 Å². The number of nitrogens with one attached hydrogen (secondary N) is 1. The van der Waals surface area contributed by atoms with E-state index in [9.17, 15) is 4.39 Å². The summed E-state index contributed by atoms with van der Waals surface area (Å²) >= 11 is 5.51. The molecule has 1 aromatic heterocycles. The summed E-state index contributed by atoms with van der Waals surface area (Å²) in [5.41, 5.74) is 0.895. The lowest BCUT2D eigenvalue weighted by molar-refractivity contribution is 0.462. The van der Waals surface area contributed by atoms with Crippen molar-refractivity contribution in [2.24, 2.45) is 0 Å². The van der Waals surface area contributed by atoms with E-state index >= 15 is 0 Å². The molecule has 0 saturated carbocycles. The van der Waals surface area contributed by atoms with Crippen LogP contribution < -0.4 is 5.32 Å². The lowest BCUT2D eigenvalue weighted by atomic mass is 10.2. The molecule has 5 heteroatoms. The van der Waals surface area contributed by atoms with E-state index in [0.717, 1.165) is 19.6 Å². The summed E-state index contributed by atoms with van der Waals surface area (Å²) in [6.45, 7) is 1.22. The second-order valence-electron chi connectivity index (χ2n) is 3.55. The molecular formula is C12H10BrFINO. The van der Waals surface area contributed by atoms with Gasteiger partial charge in [-0.1, -0.05) is 15.9 Å². The van der Waals surface area contributed by atoms with Gasteiger partial charge in [0.25, 0.3) is 0 Å². The van der Waals surface area contributed by atoms with Crippen molar-refractivity contribution in [2.75, 3.05) is 0 Å². The molecule has 17 heavy (non-hydrogen) atoms. The van der Waals surface area contributed by atoms with Crippen LogP contribution in [0.15, 0.2) is 39.2 Å². The Balaban J connectivity index is 1.91. The molecule has 0 amide bonds. The van der Waals surface area contributed by atoms with Gasteiger partial charge in [-0.3, -0.25) is 0 Å². The maximum atomic E-state index is 13.0. The summed E-state index contributed by atoms with van der Waals surface area (Å²) in [5, 5.41) is 3.21. The predicted octanol–water partition coefficient (Wildman–Crippen LogP) is 4.08. The van der Waals surface area contributed by atoms with Gasteiger partial charge in [0.1, 0.15) is 11.6 Å². The van der Waals surface area contributed by atoms with Crippen LogP contribution in [-0.2, 0) is 13.1 Å². The Labute approximate surface area is 121 Å². The monoisotopic (exact) mass is 409 g/mol. The molecule has 0 bridgehead atoms. The van der Waals surface area contributed by atoms with Crippen LogP contribution in [0.3, 0.4) is 0 Å². The second kappa shape index (κ2) is 5.97. The van der Waals surface area contributed by atoms with Crippen molar-refractivity contribution in [1.82, 2.24) is 5.32 Å². The van der Waals surface area contributed by atoms with Crippen molar-refractivity contribution in [3.8, 4) is 0 Å². The van der Waals surface area contributed by atoms with E-state index in [4.69, 9.17) is 4.42 Å². The first kappa shape index (κ1) is 13.0. The highest BCUT2D eigenvalue weighted by Gasteiger charge is 2.03. The van der Waals surface area contributed by atoms with Crippen LogP contribution in [0.2, 0.25) is 0 Å². The van der Waals surface area contributed by atoms with Crippen molar-refractivity contribution in [2.45, 2.75) is 13.1 Å². The van der Waals surface area contributed by atoms with Gasteiger partial charge >= 0.3 is 0 Å². The van der Waals surface area contributed by atoms with Gasteiger partial charge in [-0.05, 0) is 58.5 Å². The van der Waals surface area contributed by atoms with E-state index in [-0.39, 0.29) is 5.82 Å². The third-order valence-electron chi connectivity index (χ3n) is 2.25.